The van der Waals surface area contributed by atoms with Gasteiger partial charge in [-0.25, -0.2) is 4.98 Å². The largest absolute Gasteiger partial charge is 0.323 e. The van der Waals surface area contributed by atoms with E-state index in [1.165, 1.54) is 16.7 Å². The Morgan fingerprint density at radius 3 is 2.27 bits per heavy atom. The molecule has 4 heteroatoms. The fourth-order valence-corrected chi connectivity index (χ4v) is 3.94. The molecule has 0 saturated heterocycles. The van der Waals surface area contributed by atoms with Crippen LogP contribution in [0.2, 0.25) is 0 Å². The molecule has 0 spiro atoms. The predicted octanol–water partition coefficient (Wildman–Crippen LogP) is 6.55. The Hall–Kier alpha value is -4.18. The molecule has 0 saturated carbocycles. The highest BCUT2D eigenvalue weighted by molar-refractivity contribution is 5.94. The average Bonchev–Trinajstić information content (AvgIpc) is 3.30. The van der Waals surface area contributed by atoms with Gasteiger partial charge in [-0.05, 0) is 42.2 Å². The number of fused-ring (bicyclic) bond motifs is 1. The zero-order chi connectivity index (χ0) is 22.6. The number of hydrogen-bond acceptors (Lipinski definition) is 2. The predicted molar refractivity (Wildman–Crippen MR) is 134 cm³/mol. The van der Waals surface area contributed by atoms with Gasteiger partial charge in [0.25, 0.3) is 0 Å². The third-order valence-electron chi connectivity index (χ3n) is 5.81. The van der Waals surface area contributed by atoms with E-state index in [1.54, 1.807) is 0 Å². The molecule has 0 bridgehead atoms. The number of rotatable bonds is 6. The molecule has 0 atom stereocenters. The van der Waals surface area contributed by atoms with E-state index in [9.17, 15) is 4.79 Å². The number of nitrogens with one attached hydrogen (secondary N) is 1. The second kappa shape index (κ2) is 9.13. The van der Waals surface area contributed by atoms with Crippen molar-refractivity contribution in [2.75, 3.05) is 5.32 Å². The summed E-state index contributed by atoms with van der Waals surface area (Å²) < 4.78 is 1.95. The summed E-state index contributed by atoms with van der Waals surface area (Å²) in [6, 6.07) is 30.8. The minimum absolute atomic E-state index is 0.0135. The van der Waals surface area contributed by atoms with Crippen LogP contribution >= 0.6 is 0 Å². The number of aryl methyl sites for hydroxylation is 2. The normalized spacial score (nSPS) is 10.9. The van der Waals surface area contributed by atoms with Gasteiger partial charge in [-0.3, -0.25) is 4.79 Å². The number of hydrogen-bond donors (Lipinski definition) is 1. The van der Waals surface area contributed by atoms with Gasteiger partial charge in [-0.1, -0.05) is 84.4 Å². The van der Waals surface area contributed by atoms with Crippen molar-refractivity contribution >= 4 is 17.2 Å². The number of pyridine rings is 1. The van der Waals surface area contributed by atoms with Gasteiger partial charge in [0.2, 0.25) is 5.91 Å². The van der Waals surface area contributed by atoms with Crippen molar-refractivity contribution in [3.05, 3.63) is 115 Å². The highest BCUT2D eigenvalue weighted by Gasteiger charge is 2.11. The summed E-state index contributed by atoms with van der Waals surface area (Å²) in [5, 5.41) is 3.04. The highest BCUT2D eigenvalue weighted by atomic mass is 16.1. The maximum atomic E-state index is 12.6. The molecular formula is C29H25N3O. The number of aromatic nitrogens is 2. The number of benzene rings is 3. The summed E-state index contributed by atoms with van der Waals surface area (Å²) in [6.45, 7) is 2.06. The van der Waals surface area contributed by atoms with Gasteiger partial charge in [0.1, 0.15) is 0 Å². The lowest BCUT2D eigenvalue weighted by atomic mass is 10.0. The van der Waals surface area contributed by atoms with Crippen LogP contribution in [0.4, 0.5) is 5.69 Å². The Kier molecular flexibility index (Phi) is 5.73. The first kappa shape index (κ1) is 20.7. The molecule has 5 rings (SSSR count). The van der Waals surface area contributed by atoms with Crippen molar-refractivity contribution in [3.8, 4) is 22.4 Å². The number of imidazole rings is 1. The van der Waals surface area contributed by atoms with Crippen molar-refractivity contribution in [1.82, 2.24) is 9.38 Å². The number of nitrogens with zero attached hydrogens (tertiary/aromatic N) is 2. The first-order valence-corrected chi connectivity index (χ1v) is 11.1. The lowest BCUT2D eigenvalue weighted by Crippen LogP contribution is -2.13. The summed E-state index contributed by atoms with van der Waals surface area (Å²) in [6.07, 6.45) is 5.09. The minimum atomic E-state index is -0.0135. The Morgan fingerprint density at radius 2 is 1.52 bits per heavy atom. The molecule has 5 aromatic rings. The third kappa shape index (κ3) is 4.70. The number of anilines is 1. The maximum Gasteiger partial charge on any atom is 0.224 e. The first-order valence-electron chi connectivity index (χ1n) is 11.1. The van der Waals surface area contributed by atoms with Crippen molar-refractivity contribution in [2.24, 2.45) is 0 Å². The molecule has 1 amide bonds. The molecule has 0 radical (unpaired) electrons. The van der Waals surface area contributed by atoms with Crippen LogP contribution in [0, 0.1) is 6.92 Å². The van der Waals surface area contributed by atoms with Gasteiger partial charge < -0.3 is 9.72 Å². The van der Waals surface area contributed by atoms with E-state index in [-0.39, 0.29) is 5.91 Å². The molecule has 0 unspecified atom stereocenters. The molecule has 0 aliphatic carbocycles. The smallest absolute Gasteiger partial charge is 0.224 e. The molecule has 2 aromatic heterocycles. The van der Waals surface area contributed by atoms with Gasteiger partial charge in [0, 0.05) is 24.4 Å². The van der Waals surface area contributed by atoms with Crippen molar-refractivity contribution in [1.29, 1.82) is 0 Å². The lowest BCUT2D eigenvalue weighted by Gasteiger charge is -2.07. The summed E-state index contributed by atoms with van der Waals surface area (Å²) in [4.78, 5) is 17.4. The average molecular weight is 432 g/mol. The van der Waals surface area contributed by atoms with Gasteiger partial charge in [-0.15, -0.1) is 0 Å². The molecule has 162 valence electrons. The van der Waals surface area contributed by atoms with E-state index in [2.05, 4.69) is 72.9 Å². The fourth-order valence-electron chi connectivity index (χ4n) is 3.94. The minimum Gasteiger partial charge on any atom is -0.323 e. The zero-order valence-corrected chi connectivity index (χ0v) is 18.5. The summed E-state index contributed by atoms with van der Waals surface area (Å²) in [5.41, 5.74) is 8.11. The molecule has 0 aliphatic heterocycles. The monoisotopic (exact) mass is 431 g/mol. The Labute approximate surface area is 193 Å². The zero-order valence-electron chi connectivity index (χ0n) is 18.5. The van der Waals surface area contributed by atoms with E-state index >= 15 is 0 Å². The SMILES string of the molecule is Cc1ccc(CCC(=O)Nc2cccn3cc(-c4ccc(-c5ccccc5)cc4)nc23)cc1. The second-order valence-corrected chi connectivity index (χ2v) is 8.26. The molecule has 33 heavy (non-hydrogen) atoms. The lowest BCUT2D eigenvalue weighted by molar-refractivity contribution is -0.116. The Morgan fingerprint density at radius 1 is 0.818 bits per heavy atom. The van der Waals surface area contributed by atoms with Crippen LogP contribution in [-0.2, 0) is 11.2 Å². The van der Waals surface area contributed by atoms with Gasteiger partial charge in [-0.2, -0.15) is 0 Å². The van der Waals surface area contributed by atoms with Crippen molar-refractivity contribution in [3.63, 3.8) is 0 Å². The van der Waals surface area contributed by atoms with Gasteiger partial charge >= 0.3 is 0 Å². The van der Waals surface area contributed by atoms with Gasteiger partial charge in [0.05, 0.1) is 11.4 Å². The third-order valence-corrected chi connectivity index (χ3v) is 5.81. The van der Waals surface area contributed by atoms with Crippen molar-refractivity contribution in [2.45, 2.75) is 19.8 Å². The Balaban J connectivity index is 1.32. The van der Waals surface area contributed by atoms with Crippen LogP contribution in [0.1, 0.15) is 17.5 Å². The topological polar surface area (TPSA) is 46.4 Å². The van der Waals surface area contributed by atoms with Crippen molar-refractivity contribution < 1.29 is 4.79 Å². The number of carbonyl (C=O) groups is 1. The van der Waals surface area contributed by atoms with Crippen LogP contribution < -0.4 is 5.32 Å². The van der Waals surface area contributed by atoms with Crippen LogP contribution in [0.15, 0.2) is 103 Å². The molecule has 0 fully saturated rings. The molecule has 3 aromatic carbocycles. The molecular weight excluding hydrogens is 406 g/mol. The van der Waals surface area contributed by atoms with E-state index in [0.717, 1.165) is 28.2 Å². The first-order chi connectivity index (χ1) is 16.2. The fraction of sp³-hybridized carbons (Fsp3) is 0.103. The summed E-state index contributed by atoms with van der Waals surface area (Å²) >= 11 is 0. The maximum absolute atomic E-state index is 12.6. The van der Waals surface area contributed by atoms with Crippen LogP contribution in [0.5, 0.6) is 0 Å². The molecule has 0 aliphatic rings. The second-order valence-electron chi connectivity index (χ2n) is 8.26. The Bertz CT molecular complexity index is 1390. The quantitative estimate of drug-likeness (QED) is 0.331. The standard InChI is InChI=1S/C29H25N3O/c1-21-9-11-22(12-10-21)13-18-28(33)30-26-8-5-19-32-20-27(31-29(26)32)25-16-14-24(15-17-25)23-6-3-2-4-7-23/h2-12,14-17,19-20H,13,18H2,1H3,(H,30,33). The van der Waals surface area contributed by atoms with Crippen LogP contribution in [0.3, 0.4) is 0 Å². The van der Waals surface area contributed by atoms with E-state index in [4.69, 9.17) is 4.98 Å². The van der Waals surface area contributed by atoms with E-state index < -0.39 is 0 Å². The summed E-state index contributed by atoms with van der Waals surface area (Å²) in [7, 11) is 0. The number of carbonyl (C=O) groups excluding carboxylic acids is 1. The summed E-state index contributed by atoms with van der Waals surface area (Å²) in [5.74, 6) is -0.0135. The van der Waals surface area contributed by atoms with Gasteiger partial charge in [0.15, 0.2) is 5.65 Å². The highest BCUT2D eigenvalue weighted by Crippen LogP contribution is 2.26. The molecule has 2 heterocycles. The van der Waals surface area contributed by atoms with Crippen LogP contribution in [-0.4, -0.2) is 15.3 Å². The van der Waals surface area contributed by atoms with E-state index in [0.29, 0.717) is 12.8 Å². The van der Waals surface area contributed by atoms with E-state index in [1.807, 2.05) is 47.1 Å². The molecule has 4 nitrogen and oxygen atoms in total. The van der Waals surface area contributed by atoms with Crippen LogP contribution in [0.25, 0.3) is 28.0 Å². The number of amides is 1. The molecule has 1 N–H and O–H groups in total.